The lowest BCUT2D eigenvalue weighted by molar-refractivity contribution is -0.0278. The fraction of sp³-hybridized carbons (Fsp3) is 0.450. The van der Waals surface area contributed by atoms with Crippen LogP contribution in [-0.4, -0.2) is 11.0 Å². The quantitative estimate of drug-likeness (QED) is 0.578. The van der Waals surface area contributed by atoms with Gasteiger partial charge in [-0.2, -0.15) is 0 Å². The summed E-state index contributed by atoms with van der Waals surface area (Å²) >= 11 is 8.11. The molecular formula is C20H22ClN3OS. The number of nitrogens with one attached hydrogen (secondary N) is 1. The van der Waals surface area contributed by atoms with Crippen LogP contribution in [0.4, 0.5) is 5.69 Å². The summed E-state index contributed by atoms with van der Waals surface area (Å²) in [6.45, 7) is 2.77. The number of fused-ring (bicyclic) bond motifs is 1. The van der Waals surface area contributed by atoms with Crippen LogP contribution in [0.5, 0.6) is 0 Å². The summed E-state index contributed by atoms with van der Waals surface area (Å²) in [6, 6.07) is 6.10. The van der Waals surface area contributed by atoms with Crippen molar-refractivity contribution in [2.45, 2.75) is 50.6 Å². The number of thiophene rings is 1. The van der Waals surface area contributed by atoms with E-state index in [9.17, 15) is 0 Å². The van der Waals surface area contributed by atoms with Crippen LogP contribution >= 0.6 is 22.9 Å². The van der Waals surface area contributed by atoms with Gasteiger partial charge in [-0.3, -0.25) is 0 Å². The maximum atomic E-state index is 6.38. The second-order valence-corrected chi connectivity index (χ2v) is 9.36. The van der Waals surface area contributed by atoms with Gasteiger partial charge in [-0.1, -0.05) is 17.7 Å². The fourth-order valence-corrected chi connectivity index (χ4v) is 5.41. The molecule has 3 aliphatic carbocycles. The number of halogens is 1. The van der Waals surface area contributed by atoms with Gasteiger partial charge in [0, 0.05) is 40.9 Å². The standard InChI is InChI=1S/C20H22ClN3OS/c1-11(22)5-15-17(20-7-12(8-20)9-20)18-19(25-15)14(6-16(21)24-18)23-10-13-3-2-4-26-13/h2-4,6,11-12H,5,7-10,22H2,1H3,(H,23,24)/t11-,12?,20?/m0/s1. The maximum Gasteiger partial charge on any atom is 0.176 e. The van der Waals surface area contributed by atoms with Crippen molar-refractivity contribution in [2.24, 2.45) is 11.7 Å². The van der Waals surface area contributed by atoms with E-state index in [2.05, 4.69) is 27.8 Å². The number of anilines is 1. The van der Waals surface area contributed by atoms with Crippen molar-refractivity contribution >= 4 is 39.7 Å². The lowest BCUT2D eigenvalue weighted by atomic mass is 9.42. The number of hydrogen-bond acceptors (Lipinski definition) is 5. The average Bonchev–Trinajstić information content (AvgIpc) is 3.11. The van der Waals surface area contributed by atoms with Crippen LogP contribution in [0.25, 0.3) is 11.1 Å². The second kappa shape index (κ2) is 5.98. The summed E-state index contributed by atoms with van der Waals surface area (Å²) < 4.78 is 6.35. The van der Waals surface area contributed by atoms with Crippen LogP contribution in [0.3, 0.4) is 0 Å². The first-order chi connectivity index (χ1) is 12.5. The molecule has 26 heavy (non-hydrogen) atoms. The summed E-state index contributed by atoms with van der Waals surface area (Å²) in [4.78, 5) is 5.95. The van der Waals surface area contributed by atoms with E-state index >= 15 is 0 Å². The molecule has 3 aliphatic rings. The predicted molar refractivity (Wildman–Crippen MR) is 107 cm³/mol. The highest BCUT2D eigenvalue weighted by molar-refractivity contribution is 7.09. The molecule has 0 amide bonds. The summed E-state index contributed by atoms with van der Waals surface area (Å²) in [7, 11) is 0. The van der Waals surface area contributed by atoms with Crippen molar-refractivity contribution < 1.29 is 4.42 Å². The molecule has 4 nitrogen and oxygen atoms in total. The Morgan fingerprint density at radius 1 is 1.46 bits per heavy atom. The van der Waals surface area contributed by atoms with Crippen molar-refractivity contribution in [3.05, 3.63) is 44.9 Å². The molecule has 0 unspecified atom stereocenters. The lowest BCUT2D eigenvalue weighted by Gasteiger charge is -2.62. The predicted octanol–water partition coefficient (Wildman–Crippen LogP) is 5.10. The third kappa shape index (κ3) is 2.56. The molecule has 3 N–H and O–H groups in total. The smallest absolute Gasteiger partial charge is 0.176 e. The Balaban J connectivity index is 1.60. The number of hydrogen-bond donors (Lipinski definition) is 2. The third-order valence-corrected chi connectivity index (χ3v) is 6.86. The maximum absolute atomic E-state index is 6.38. The molecule has 3 fully saturated rings. The van der Waals surface area contributed by atoms with Crippen LogP contribution in [0.1, 0.15) is 42.4 Å². The van der Waals surface area contributed by atoms with Crippen molar-refractivity contribution in [3.8, 4) is 0 Å². The van der Waals surface area contributed by atoms with Gasteiger partial charge < -0.3 is 15.5 Å². The number of pyridine rings is 1. The van der Waals surface area contributed by atoms with Crippen molar-refractivity contribution in [1.82, 2.24) is 4.98 Å². The number of furan rings is 1. The summed E-state index contributed by atoms with van der Waals surface area (Å²) in [5.41, 5.74) is 10.3. The van der Waals surface area contributed by atoms with Gasteiger partial charge in [-0.25, -0.2) is 4.98 Å². The summed E-state index contributed by atoms with van der Waals surface area (Å²) in [5.74, 6) is 1.89. The van der Waals surface area contributed by atoms with Gasteiger partial charge in [-0.05, 0) is 43.6 Å². The minimum absolute atomic E-state index is 0.0552. The Hall–Kier alpha value is -1.56. The summed E-state index contributed by atoms with van der Waals surface area (Å²) in [5, 5.41) is 6.08. The molecule has 6 rings (SSSR count). The van der Waals surface area contributed by atoms with Gasteiger partial charge in [-0.15, -0.1) is 11.3 Å². The molecule has 0 aromatic carbocycles. The molecule has 0 spiro atoms. The van der Waals surface area contributed by atoms with Gasteiger partial charge in [0.2, 0.25) is 0 Å². The lowest BCUT2D eigenvalue weighted by Crippen LogP contribution is -2.55. The zero-order chi connectivity index (χ0) is 17.9. The molecule has 3 heterocycles. The topological polar surface area (TPSA) is 64.1 Å². The van der Waals surface area contributed by atoms with Crippen LogP contribution in [0.15, 0.2) is 28.0 Å². The van der Waals surface area contributed by atoms with E-state index in [1.165, 1.54) is 29.7 Å². The molecule has 0 aliphatic heterocycles. The van der Waals surface area contributed by atoms with Gasteiger partial charge in [0.15, 0.2) is 5.58 Å². The number of nitrogens with two attached hydrogens (primary N) is 1. The molecular weight excluding hydrogens is 366 g/mol. The van der Waals surface area contributed by atoms with E-state index in [-0.39, 0.29) is 11.5 Å². The first kappa shape index (κ1) is 16.6. The molecule has 6 heteroatoms. The van der Waals surface area contributed by atoms with Gasteiger partial charge >= 0.3 is 0 Å². The Labute approximate surface area is 161 Å². The molecule has 0 radical (unpaired) electrons. The SMILES string of the molecule is C[C@H](N)Cc1oc2c(NCc3cccs3)cc(Cl)nc2c1C12CC(C1)C2. The van der Waals surface area contributed by atoms with Crippen LogP contribution in [-0.2, 0) is 18.4 Å². The molecule has 3 aromatic heterocycles. The largest absolute Gasteiger partial charge is 0.457 e. The Morgan fingerprint density at radius 3 is 2.88 bits per heavy atom. The third-order valence-electron chi connectivity index (χ3n) is 5.79. The number of rotatable bonds is 6. The highest BCUT2D eigenvalue weighted by atomic mass is 35.5. The van der Waals surface area contributed by atoms with Crippen molar-refractivity contribution in [3.63, 3.8) is 0 Å². The minimum Gasteiger partial charge on any atom is -0.457 e. The molecule has 3 saturated carbocycles. The van der Waals surface area contributed by atoms with Gasteiger partial charge in [0.25, 0.3) is 0 Å². The number of aromatic nitrogens is 1. The Morgan fingerprint density at radius 2 is 2.27 bits per heavy atom. The van der Waals surface area contributed by atoms with E-state index in [0.29, 0.717) is 5.15 Å². The van der Waals surface area contributed by atoms with Gasteiger partial charge in [0.1, 0.15) is 16.4 Å². The summed E-state index contributed by atoms with van der Waals surface area (Å²) in [6.07, 6.45) is 4.49. The van der Waals surface area contributed by atoms with E-state index in [1.54, 1.807) is 11.3 Å². The second-order valence-electron chi connectivity index (χ2n) is 7.94. The number of nitrogens with zero attached hydrogens (tertiary/aromatic N) is 1. The zero-order valence-corrected chi connectivity index (χ0v) is 16.3. The fourth-order valence-electron chi connectivity index (χ4n) is 4.58. The van der Waals surface area contributed by atoms with E-state index < -0.39 is 0 Å². The minimum atomic E-state index is 0.0552. The van der Waals surface area contributed by atoms with Crippen LogP contribution in [0.2, 0.25) is 5.15 Å². The first-order valence-corrected chi connectivity index (χ1v) is 10.4. The van der Waals surface area contributed by atoms with Gasteiger partial charge in [0.05, 0.1) is 5.69 Å². The molecule has 136 valence electrons. The van der Waals surface area contributed by atoms with Crippen LogP contribution in [0, 0.1) is 5.92 Å². The normalized spacial score (nSPS) is 25.0. The first-order valence-electron chi connectivity index (χ1n) is 9.18. The Bertz CT molecular complexity index is 946. The molecule has 3 aromatic rings. The Kier molecular flexibility index (Phi) is 3.82. The van der Waals surface area contributed by atoms with Crippen molar-refractivity contribution in [1.29, 1.82) is 0 Å². The molecule has 2 bridgehead atoms. The monoisotopic (exact) mass is 387 g/mol. The van der Waals surface area contributed by atoms with E-state index in [4.69, 9.17) is 21.8 Å². The average molecular weight is 388 g/mol. The highest BCUT2D eigenvalue weighted by Gasteiger charge is 2.59. The molecule has 1 atom stereocenters. The van der Waals surface area contributed by atoms with Crippen molar-refractivity contribution in [2.75, 3.05) is 5.32 Å². The zero-order valence-electron chi connectivity index (χ0n) is 14.7. The van der Waals surface area contributed by atoms with E-state index in [1.807, 2.05) is 13.0 Å². The van der Waals surface area contributed by atoms with E-state index in [0.717, 1.165) is 41.4 Å². The molecule has 0 saturated heterocycles. The highest BCUT2D eigenvalue weighted by Crippen LogP contribution is 2.67. The van der Waals surface area contributed by atoms with Crippen LogP contribution < -0.4 is 11.1 Å².